The number of hydrogen-bond donors (Lipinski definition) is 0. The zero-order valence-electron chi connectivity index (χ0n) is 9.64. The van der Waals surface area contributed by atoms with Gasteiger partial charge in [-0.25, -0.2) is 0 Å². The maximum Gasteiger partial charge on any atom is 0.285 e. The Labute approximate surface area is 118 Å². The molecule has 1 saturated carbocycles. The highest BCUT2D eigenvalue weighted by atomic mass is 127. The van der Waals surface area contributed by atoms with E-state index in [0.717, 1.165) is 21.2 Å². The van der Waals surface area contributed by atoms with E-state index in [-0.39, 0.29) is 5.56 Å². The number of aromatic nitrogens is 2. The Balaban J connectivity index is 2.12. The second-order valence-corrected chi connectivity index (χ2v) is 6.09. The van der Waals surface area contributed by atoms with Crippen LogP contribution in [-0.4, -0.2) is 9.78 Å². The van der Waals surface area contributed by atoms with Crippen LogP contribution in [0.5, 0.6) is 0 Å². The lowest BCUT2D eigenvalue weighted by molar-refractivity contribution is 0.344. The Hall–Kier alpha value is -1.17. The van der Waals surface area contributed by atoms with Crippen molar-refractivity contribution in [3.63, 3.8) is 0 Å². The second kappa shape index (κ2) is 3.66. The van der Waals surface area contributed by atoms with Crippen LogP contribution < -0.4 is 5.56 Å². The molecule has 90 valence electrons. The van der Waals surface area contributed by atoms with Gasteiger partial charge in [0.25, 0.3) is 5.56 Å². The maximum absolute atomic E-state index is 12.3. The second-order valence-electron chi connectivity index (χ2n) is 5.02. The molecule has 1 fully saturated rings. The fourth-order valence-electron chi connectivity index (χ4n) is 3.05. The zero-order chi connectivity index (χ0) is 12.3. The highest BCUT2D eigenvalue weighted by Crippen LogP contribution is 2.50. The molecule has 3 aliphatic rings. The molecular weight excluding hydrogens is 339 g/mol. The van der Waals surface area contributed by atoms with Crippen LogP contribution in [-0.2, 0) is 0 Å². The summed E-state index contributed by atoms with van der Waals surface area (Å²) < 4.78 is 2.35. The first-order chi connectivity index (χ1) is 8.75. The molecule has 0 saturated heterocycles. The predicted octanol–water partition coefficient (Wildman–Crippen LogP) is 2.81. The molecule has 1 aliphatic carbocycles. The van der Waals surface area contributed by atoms with Crippen LogP contribution in [0.1, 0.15) is 35.8 Å². The summed E-state index contributed by atoms with van der Waals surface area (Å²) in [5.41, 5.74) is 3.37. The van der Waals surface area contributed by atoms with E-state index in [0.29, 0.717) is 11.8 Å². The number of nitrogens with zero attached hydrogens (tertiary/aromatic N) is 2. The average Bonchev–Trinajstić information content (AvgIpc) is 2.36. The van der Waals surface area contributed by atoms with Crippen LogP contribution in [0, 0.1) is 3.57 Å². The average molecular weight is 350 g/mol. The van der Waals surface area contributed by atoms with Crippen molar-refractivity contribution in [2.45, 2.75) is 24.7 Å². The van der Waals surface area contributed by atoms with Gasteiger partial charge in [0, 0.05) is 0 Å². The number of halogens is 1. The minimum Gasteiger partial charge on any atom is -0.266 e. The fourth-order valence-corrected chi connectivity index (χ4v) is 3.81. The Kier molecular flexibility index (Phi) is 2.18. The lowest BCUT2D eigenvalue weighted by Crippen LogP contribution is -2.28. The first-order valence-corrected chi connectivity index (χ1v) is 7.21. The van der Waals surface area contributed by atoms with Gasteiger partial charge in [0.2, 0.25) is 0 Å². The first kappa shape index (κ1) is 10.7. The summed E-state index contributed by atoms with van der Waals surface area (Å²) in [6, 6.07) is 8.26. The van der Waals surface area contributed by atoms with E-state index in [1.165, 1.54) is 16.7 Å². The van der Waals surface area contributed by atoms with Crippen LogP contribution in [0.2, 0.25) is 0 Å². The highest BCUT2D eigenvalue weighted by Gasteiger charge is 2.36. The third-order valence-electron chi connectivity index (χ3n) is 4.16. The fraction of sp³-hybridized carbons (Fsp3) is 0.286. The molecule has 0 amide bonds. The van der Waals surface area contributed by atoms with Crippen LogP contribution in [0.15, 0.2) is 35.3 Å². The Bertz CT molecular complexity index is 707. The van der Waals surface area contributed by atoms with Gasteiger partial charge in [-0.2, -0.15) is 9.78 Å². The van der Waals surface area contributed by atoms with Crippen LogP contribution in [0.25, 0.3) is 5.69 Å². The molecule has 3 nitrogen and oxygen atoms in total. The molecule has 18 heavy (non-hydrogen) atoms. The van der Waals surface area contributed by atoms with Gasteiger partial charge in [0.1, 0.15) is 0 Å². The van der Waals surface area contributed by atoms with Gasteiger partial charge in [0.15, 0.2) is 0 Å². The molecule has 0 spiro atoms. The number of fused-ring (bicyclic) bond motifs is 2. The van der Waals surface area contributed by atoms with E-state index in [1.54, 1.807) is 0 Å². The van der Waals surface area contributed by atoms with E-state index in [2.05, 4.69) is 39.8 Å². The van der Waals surface area contributed by atoms with E-state index in [1.807, 2.05) is 18.3 Å². The summed E-state index contributed by atoms with van der Waals surface area (Å²) in [7, 11) is 0. The van der Waals surface area contributed by atoms with Crippen molar-refractivity contribution in [1.82, 2.24) is 9.78 Å². The highest BCUT2D eigenvalue weighted by molar-refractivity contribution is 14.1. The van der Waals surface area contributed by atoms with Crippen molar-refractivity contribution in [2.75, 3.05) is 0 Å². The molecule has 3 heterocycles. The van der Waals surface area contributed by atoms with Gasteiger partial charge in [0.05, 0.1) is 15.5 Å². The number of hydrogen-bond acceptors (Lipinski definition) is 2. The van der Waals surface area contributed by atoms with Gasteiger partial charge < -0.3 is 0 Å². The monoisotopic (exact) mass is 350 g/mol. The number of benzene rings is 1. The quantitative estimate of drug-likeness (QED) is 0.685. The van der Waals surface area contributed by atoms with Crippen LogP contribution in [0.4, 0.5) is 0 Å². The van der Waals surface area contributed by atoms with Gasteiger partial charge in [-0.15, -0.1) is 0 Å². The summed E-state index contributed by atoms with van der Waals surface area (Å²) in [5, 5.41) is 4.33. The van der Waals surface area contributed by atoms with Crippen LogP contribution in [0.3, 0.4) is 0 Å². The first-order valence-electron chi connectivity index (χ1n) is 6.14. The summed E-state index contributed by atoms with van der Waals surface area (Å²) in [4.78, 5) is 12.3. The minimum absolute atomic E-state index is 0.0119. The van der Waals surface area contributed by atoms with Gasteiger partial charge >= 0.3 is 0 Å². The molecule has 2 aliphatic heterocycles. The van der Waals surface area contributed by atoms with Gasteiger partial charge in [-0.1, -0.05) is 12.1 Å². The molecule has 2 atom stereocenters. The van der Waals surface area contributed by atoms with Gasteiger partial charge in [-0.05, 0) is 70.5 Å². The van der Waals surface area contributed by atoms with Crippen molar-refractivity contribution < 1.29 is 0 Å². The molecule has 1 aromatic carbocycles. The Morgan fingerprint density at radius 3 is 2.89 bits per heavy atom. The standard InChI is InChI=1S/C14H11IN2O/c15-13-12-7-16-17(14(13)18)9-3-1-2-8(6-9)10-4-5-11(10)12/h1-3,6-7,10-11H,4-5H2. The normalized spacial score (nSPS) is 23.6. The molecular formula is C14H11IN2O. The smallest absolute Gasteiger partial charge is 0.266 e. The van der Waals surface area contributed by atoms with Crippen molar-refractivity contribution in [1.29, 1.82) is 0 Å². The maximum atomic E-state index is 12.3. The SMILES string of the molecule is O=c1c(I)c2cnn1-c1cccc(c1)C1CCC21. The minimum atomic E-state index is 0.0119. The van der Waals surface area contributed by atoms with Crippen molar-refractivity contribution in [2.24, 2.45) is 0 Å². The van der Waals surface area contributed by atoms with Crippen molar-refractivity contribution in [3.05, 3.63) is 55.5 Å². The van der Waals surface area contributed by atoms with E-state index in [9.17, 15) is 4.79 Å². The summed E-state index contributed by atoms with van der Waals surface area (Å²) in [6.45, 7) is 0. The van der Waals surface area contributed by atoms with E-state index in [4.69, 9.17) is 0 Å². The predicted molar refractivity (Wildman–Crippen MR) is 77.3 cm³/mol. The molecule has 1 aromatic heterocycles. The number of rotatable bonds is 0. The molecule has 5 rings (SSSR count). The summed E-state index contributed by atoms with van der Waals surface area (Å²) in [6.07, 6.45) is 4.26. The third kappa shape index (κ3) is 1.29. The molecule has 2 unspecified atom stereocenters. The lowest BCUT2D eigenvalue weighted by atomic mass is 9.67. The Morgan fingerprint density at radius 1 is 1.28 bits per heavy atom. The summed E-state index contributed by atoms with van der Waals surface area (Å²) in [5.74, 6) is 1.03. The molecule has 2 aromatic rings. The van der Waals surface area contributed by atoms with Crippen molar-refractivity contribution >= 4 is 22.6 Å². The lowest BCUT2D eigenvalue weighted by Gasteiger charge is -2.37. The van der Waals surface area contributed by atoms with Crippen LogP contribution >= 0.6 is 22.6 Å². The third-order valence-corrected chi connectivity index (χ3v) is 5.25. The van der Waals surface area contributed by atoms with E-state index < -0.39 is 0 Å². The van der Waals surface area contributed by atoms with Crippen molar-refractivity contribution in [3.8, 4) is 5.69 Å². The zero-order valence-corrected chi connectivity index (χ0v) is 11.8. The molecule has 0 N–H and O–H groups in total. The largest absolute Gasteiger partial charge is 0.285 e. The Morgan fingerprint density at radius 2 is 2.11 bits per heavy atom. The molecule has 0 radical (unpaired) electrons. The summed E-state index contributed by atoms with van der Waals surface area (Å²) >= 11 is 2.17. The van der Waals surface area contributed by atoms with Gasteiger partial charge in [-0.3, -0.25) is 4.79 Å². The molecule has 4 bridgehead atoms. The molecule has 4 heteroatoms. The topological polar surface area (TPSA) is 34.9 Å². The van der Waals surface area contributed by atoms with E-state index >= 15 is 0 Å².